The summed E-state index contributed by atoms with van der Waals surface area (Å²) >= 11 is 1.66. The smallest absolute Gasteiger partial charge is 0.337 e. The number of ketones is 1. The van der Waals surface area contributed by atoms with Crippen LogP contribution in [0.1, 0.15) is 62.3 Å². The molecular formula is C36H31N3O5S. The highest BCUT2D eigenvalue weighted by Gasteiger charge is 2.42. The van der Waals surface area contributed by atoms with Crippen molar-refractivity contribution in [1.82, 2.24) is 9.78 Å². The lowest BCUT2D eigenvalue weighted by Crippen LogP contribution is -2.30. The maximum absolute atomic E-state index is 14.1. The number of hydrogen-bond acceptors (Lipinski definition) is 7. The average molecular weight is 618 g/mol. The number of carbonyl (C=O) groups is 2. The Morgan fingerprint density at radius 2 is 1.82 bits per heavy atom. The van der Waals surface area contributed by atoms with Gasteiger partial charge in [-0.05, 0) is 60.2 Å². The Bertz CT molecular complexity index is 1940. The van der Waals surface area contributed by atoms with Crippen LogP contribution in [0.4, 0.5) is 5.82 Å². The summed E-state index contributed by atoms with van der Waals surface area (Å²) in [5.41, 5.74) is 5.57. The van der Waals surface area contributed by atoms with Crippen molar-refractivity contribution >= 4 is 28.9 Å². The molecular weight excluding hydrogens is 586 g/mol. The predicted molar refractivity (Wildman–Crippen MR) is 173 cm³/mol. The lowest BCUT2D eigenvalue weighted by atomic mass is 9.73. The van der Waals surface area contributed by atoms with Gasteiger partial charge in [0, 0.05) is 40.0 Å². The van der Waals surface area contributed by atoms with E-state index in [1.807, 2.05) is 66.9 Å². The summed E-state index contributed by atoms with van der Waals surface area (Å²) in [5, 5.41) is 20.4. The van der Waals surface area contributed by atoms with Crippen LogP contribution in [0, 0.1) is 6.92 Å². The number of anilines is 1. The van der Waals surface area contributed by atoms with E-state index >= 15 is 0 Å². The van der Waals surface area contributed by atoms with E-state index in [0.717, 1.165) is 22.4 Å². The highest BCUT2D eigenvalue weighted by molar-refractivity contribution is 7.10. The van der Waals surface area contributed by atoms with Gasteiger partial charge in [0.15, 0.2) is 17.3 Å². The average Bonchev–Trinajstić information content (AvgIpc) is 3.72. The van der Waals surface area contributed by atoms with Crippen molar-refractivity contribution in [1.29, 1.82) is 0 Å². The highest BCUT2D eigenvalue weighted by atomic mass is 32.1. The third-order valence-electron chi connectivity index (χ3n) is 8.53. The second-order valence-electron chi connectivity index (χ2n) is 11.3. The van der Waals surface area contributed by atoms with Crippen LogP contribution in [-0.2, 0) is 11.4 Å². The molecule has 3 aromatic carbocycles. The number of nitrogens with zero attached hydrogens (tertiary/aromatic N) is 2. The Balaban J connectivity index is 1.36. The van der Waals surface area contributed by atoms with E-state index in [-0.39, 0.29) is 17.3 Å². The first-order chi connectivity index (χ1) is 21.9. The molecule has 2 aliphatic rings. The molecule has 0 amide bonds. The summed E-state index contributed by atoms with van der Waals surface area (Å²) in [6.07, 6.45) is 1.06. The fraction of sp³-hybridized carbons (Fsp3) is 0.194. The zero-order chi connectivity index (χ0) is 31.1. The summed E-state index contributed by atoms with van der Waals surface area (Å²) in [7, 11) is 1.61. The van der Waals surface area contributed by atoms with Crippen LogP contribution < -0.4 is 14.8 Å². The molecule has 0 fully saturated rings. The molecule has 3 heterocycles. The molecule has 0 bridgehead atoms. The summed E-state index contributed by atoms with van der Waals surface area (Å²) in [6, 6.07) is 26.6. The molecule has 0 spiro atoms. The number of fused-ring (bicyclic) bond motifs is 1. The monoisotopic (exact) mass is 617 g/mol. The SMILES string of the molecule is COc1cc([C@H]2C3=C(C[C@@H](c4cccs4)CC3=O)Nc3c2c(C)nn3-c2ccccc2C(=O)O)ccc1OCc1ccccc1. The van der Waals surface area contributed by atoms with Crippen LogP contribution in [-0.4, -0.2) is 33.7 Å². The lowest BCUT2D eigenvalue weighted by molar-refractivity contribution is -0.116. The summed E-state index contributed by atoms with van der Waals surface area (Å²) in [4.78, 5) is 27.5. The van der Waals surface area contributed by atoms with Gasteiger partial charge in [0.1, 0.15) is 12.4 Å². The third-order valence-corrected chi connectivity index (χ3v) is 9.56. The van der Waals surface area contributed by atoms with E-state index in [4.69, 9.17) is 14.6 Å². The van der Waals surface area contributed by atoms with Crippen LogP contribution >= 0.6 is 11.3 Å². The largest absolute Gasteiger partial charge is 0.493 e. The molecule has 0 radical (unpaired) electrons. The van der Waals surface area contributed by atoms with Crippen LogP contribution in [0.5, 0.6) is 11.5 Å². The quantitative estimate of drug-likeness (QED) is 0.186. The number of carboxylic acid groups (broad SMARTS) is 1. The van der Waals surface area contributed by atoms with Gasteiger partial charge in [-0.3, -0.25) is 4.79 Å². The molecule has 226 valence electrons. The Morgan fingerprint density at radius 3 is 2.58 bits per heavy atom. The number of ether oxygens (including phenoxy) is 2. The molecule has 2 atom stereocenters. The normalized spacial score (nSPS) is 17.3. The summed E-state index contributed by atoms with van der Waals surface area (Å²) in [6.45, 7) is 2.29. The van der Waals surface area contributed by atoms with Crippen molar-refractivity contribution in [3.05, 3.63) is 134 Å². The zero-order valence-electron chi connectivity index (χ0n) is 24.8. The number of rotatable bonds is 8. The fourth-order valence-corrected chi connectivity index (χ4v) is 7.30. The Labute approximate surface area is 264 Å². The van der Waals surface area contributed by atoms with Gasteiger partial charge < -0.3 is 19.9 Å². The molecule has 5 aromatic rings. The zero-order valence-corrected chi connectivity index (χ0v) is 25.6. The Hall–Kier alpha value is -5.15. The molecule has 7 rings (SSSR count). The minimum atomic E-state index is -1.04. The maximum Gasteiger partial charge on any atom is 0.337 e. The number of carbonyl (C=O) groups excluding carboxylic acids is 1. The van der Waals surface area contributed by atoms with Crippen molar-refractivity contribution in [3.8, 4) is 17.2 Å². The number of hydrogen-bond donors (Lipinski definition) is 2. The van der Waals surface area contributed by atoms with Crippen LogP contribution in [0.15, 0.2) is 102 Å². The van der Waals surface area contributed by atoms with Gasteiger partial charge in [0.25, 0.3) is 0 Å². The van der Waals surface area contributed by atoms with E-state index in [1.165, 1.54) is 4.88 Å². The Kier molecular flexibility index (Phi) is 7.47. The standard InChI is InChI=1S/C36H31N3O5S/c1-21-32-33(23-14-15-29(30(19-23)43-2)44-20-22-9-4-3-5-10-22)34-26(17-24(18-28(34)40)31-13-8-16-45-31)37-35(32)39(38-21)27-12-7-6-11-25(27)36(41)42/h3-16,19,24,33,37H,17-18,20H2,1-2H3,(H,41,42)/t24-,33-/m1/s1. The van der Waals surface area contributed by atoms with Gasteiger partial charge in [0.2, 0.25) is 0 Å². The van der Waals surface area contributed by atoms with Crippen molar-refractivity contribution in [2.24, 2.45) is 0 Å². The number of benzene rings is 3. The second-order valence-corrected chi connectivity index (χ2v) is 12.2. The minimum Gasteiger partial charge on any atom is -0.493 e. The lowest BCUT2D eigenvalue weighted by Gasteiger charge is -2.35. The Morgan fingerprint density at radius 1 is 1.02 bits per heavy atom. The molecule has 2 N–H and O–H groups in total. The molecule has 8 nitrogen and oxygen atoms in total. The van der Waals surface area contributed by atoms with E-state index in [0.29, 0.717) is 53.7 Å². The third kappa shape index (κ3) is 5.19. The number of aromatic carboxylic acids is 1. The van der Waals surface area contributed by atoms with Crippen LogP contribution in [0.2, 0.25) is 0 Å². The molecule has 0 saturated carbocycles. The maximum atomic E-state index is 14.1. The van der Waals surface area contributed by atoms with Crippen molar-refractivity contribution in [2.45, 2.75) is 38.2 Å². The number of carboxylic acids is 1. The van der Waals surface area contributed by atoms with E-state index in [9.17, 15) is 14.7 Å². The molecule has 45 heavy (non-hydrogen) atoms. The van der Waals surface area contributed by atoms with Gasteiger partial charge in [-0.2, -0.15) is 5.10 Å². The van der Waals surface area contributed by atoms with Crippen LogP contribution in [0.3, 0.4) is 0 Å². The first-order valence-corrected chi connectivity index (χ1v) is 15.6. The molecule has 9 heteroatoms. The predicted octanol–water partition coefficient (Wildman–Crippen LogP) is 7.49. The van der Waals surface area contributed by atoms with Gasteiger partial charge in [-0.1, -0.05) is 54.6 Å². The number of aromatic nitrogens is 2. The summed E-state index contributed by atoms with van der Waals surface area (Å²) < 4.78 is 13.6. The first kappa shape index (κ1) is 28.6. The van der Waals surface area contributed by atoms with Gasteiger partial charge >= 0.3 is 5.97 Å². The summed E-state index contributed by atoms with van der Waals surface area (Å²) in [5.74, 6) is 0.484. The molecule has 0 unspecified atom stereocenters. The van der Waals surface area contributed by atoms with Gasteiger partial charge in [0.05, 0.1) is 24.1 Å². The molecule has 1 aliphatic carbocycles. The molecule has 2 aromatic heterocycles. The number of allylic oxidation sites excluding steroid dienone is 2. The first-order valence-electron chi connectivity index (χ1n) is 14.8. The molecule has 1 aliphatic heterocycles. The van der Waals surface area contributed by atoms with E-state index in [1.54, 1.807) is 47.4 Å². The van der Waals surface area contributed by atoms with E-state index < -0.39 is 11.9 Å². The number of para-hydroxylation sites is 1. The number of aryl methyl sites for hydroxylation is 1. The topological polar surface area (TPSA) is 103 Å². The number of methoxy groups -OCH3 is 1. The van der Waals surface area contributed by atoms with E-state index in [2.05, 4.69) is 11.4 Å². The second kappa shape index (κ2) is 11.7. The fourth-order valence-electron chi connectivity index (χ4n) is 6.47. The van der Waals surface area contributed by atoms with Gasteiger partial charge in [-0.15, -0.1) is 11.3 Å². The van der Waals surface area contributed by atoms with Crippen LogP contribution in [0.25, 0.3) is 5.69 Å². The van der Waals surface area contributed by atoms with Crippen molar-refractivity contribution < 1.29 is 24.2 Å². The molecule has 0 saturated heterocycles. The van der Waals surface area contributed by atoms with Crippen molar-refractivity contribution in [3.63, 3.8) is 0 Å². The number of thiophene rings is 1. The number of nitrogens with one attached hydrogen (secondary N) is 1. The van der Waals surface area contributed by atoms with Crippen molar-refractivity contribution in [2.75, 3.05) is 12.4 Å². The highest BCUT2D eigenvalue weighted by Crippen LogP contribution is 2.51. The van der Waals surface area contributed by atoms with Gasteiger partial charge in [-0.25, -0.2) is 9.48 Å². The number of Topliss-reactive ketones (excluding diaryl/α,β-unsaturated/α-hetero) is 1. The minimum absolute atomic E-state index is 0.0537.